The zero-order chi connectivity index (χ0) is 34.0. The van der Waals surface area contributed by atoms with E-state index in [-0.39, 0.29) is 18.8 Å². The van der Waals surface area contributed by atoms with E-state index in [4.69, 9.17) is 19.4 Å². The number of amides is 3. The first-order valence-electron chi connectivity index (χ1n) is 15.0. The van der Waals surface area contributed by atoms with Crippen LogP contribution in [0.1, 0.15) is 37.5 Å². The highest BCUT2D eigenvalue weighted by Crippen LogP contribution is 2.29. The maximum Gasteiger partial charge on any atom is 0.408 e. The molecular formula is C35H40N4O8. The molecule has 1 aromatic heterocycles. The summed E-state index contributed by atoms with van der Waals surface area (Å²) in [5.74, 6) is -0.245. The van der Waals surface area contributed by atoms with Crippen molar-refractivity contribution in [3.63, 3.8) is 0 Å². The molecule has 0 aliphatic carbocycles. The molecule has 4 rings (SSSR count). The van der Waals surface area contributed by atoms with E-state index < -0.39 is 35.6 Å². The van der Waals surface area contributed by atoms with Crippen molar-refractivity contribution in [2.24, 2.45) is 0 Å². The van der Waals surface area contributed by atoms with Gasteiger partial charge in [0.1, 0.15) is 24.0 Å². The number of ether oxygens (including phenoxy) is 3. The summed E-state index contributed by atoms with van der Waals surface area (Å²) in [7, 11) is 1.48. The van der Waals surface area contributed by atoms with Crippen molar-refractivity contribution in [2.45, 2.75) is 51.3 Å². The molecule has 0 spiro atoms. The summed E-state index contributed by atoms with van der Waals surface area (Å²) in [4.78, 5) is 41.3. The number of alkyl carbamates (subject to hydrolysis) is 1. The minimum atomic E-state index is -1.00. The van der Waals surface area contributed by atoms with Gasteiger partial charge in [0.15, 0.2) is 11.5 Å². The van der Waals surface area contributed by atoms with Crippen LogP contribution in [0, 0.1) is 0 Å². The fourth-order valence-corrected chi connectivity index (χ4v) is 4.85. The Morgan fingerprint density at radius 1 is 0.957 bits per heavy atom. The van der Waals surface area contributed by atoms with Crippen molar-refractivity contribution < 1.29 is 38.9 Å². The van der Waals surface area contributed by atoms with E-state index in [1.807, 2.05) is 30.5 Å². The Balaban J connectivity index is 1.58. The van der Waals surface area contributed by atoms with E-state index in [2.05, 4.69) is 15.6 Å². The number of aromatic hydroxyl groups is 1. The molecular weight excluding hydrogens is 604 g/mol. The lowest BCUT2D eigenvalue weighted by Gasteiger charge is -2.26. The van der Waals surface area contributed by atoms with Crippen molar-refractivity contribution in [1.29, 1.82) is 0 Å². The van der Waals surface area contributed by atoms with Gasteiger partial charge < -0.3 is 34.9 Å². The van der Waals surface area contributed by atoms with Crippen LogP contribution in [0.4, 0.5) is 4.79 Å². The third-order valence-electron chi connectivity index (χ3n) is 7.04. The van der Waals surface area contributed by atoms with Gasteiger partial charge >= 0.3 is 6.09 Å². The highest BCUT2D eigenvalue weighted by atomic mass is 16.6. The lowest BCUT2D eigenvalue weighted by atomic mass is 10.0. The van der Waals surface area contributed by atoms with Gasteiger partial charge in [-0.3, -0.25) is 14.8 Å². The molecule has 0 radical (unpaired) electrons. The number of rotatable bonds is 13. The summed E-state index contributed by atoms with van der Waals surface area (Å²) in [5, 5.41) is 25.2. The monoisotopic (exact) mass is 644 g/mol. The van der Waals surface area contributed by atoms with Crippen LogP contribution in [0.25, 0.3) is 17.0 Å². The van der Waals surface area contributed by atoms with E-state index in [0.717, 1.165) is 22.0 Å². The Morgan fingerprint density at radius 2 is 1.70 bits per heavy atom. The molecule has 12 heteroatoms. The molecule has 12 nitrogen and oxygen atoms in total. The normalized spacial score (nSPS) is 12.7. The lowest BCUT2D eigenvalue weighted by Crippen LogP contribution is -2.53. The van der Waals surface area contributed by atoms with Crippen LogP contribution in [-0.4, -0.2) is 64.6 Å². The molecule has 2 atom stereocenters. The smallest absolute Gasteiger partial charge is 0.408 e. The summed E-state index contributed by atoms with van der Waals surface area (Å²) < 4.78 is 17.1. The summed E-state index contributed by atoms with van der Waals surface area (Å²) >= 11 is 0. The highest BCUT2D eigenvalue weighted by Gasteiger charge is 2.27. The zero-order valence-electron chi connectivity index (χ0n) is 26.7. The number of nitrogens with one attached hydrogen (secondary N) is 4. The number of aromatic nitrogens is 1. The largest absolute Gasteiger partial charge is 0.508 e. The average molecular weight is 645 g/mol. The molecule has 248 valence electrons. The van der Waals surface area contributed by atoms with Gasteiger partial charge in [-0.25, -0.2) is 10.3 Å². The number of carbonyl (C=O) groups is 3. The highest BCUT2D eigenvalue weighted by molar-refractivity contribution is 5.91. The fraction of sp³-hybridized carbons (Fsp3) is 0.286. The number of hydroxylamine groups is 1. The maximum absolute atomic E-state index is 13.9. The quantitative estimate of drug-likeness (QED) is 0.0694. The Morgan fingerprint density at radius 3 is 2.40 bits per heavy atom. The SMILES string of the molecule is COc1cc(/C=C/C(=O)NO)ccc1OC[C@H](Cc1c[nH]c2ccccc12)NC(=O)[C@H](Cc1ccc(O)cc1)NC(=O)OC(C)(C)C. The van der Waals surface area contributed by atoms with Gasteiger partial charge in [-0.2, -0.15) is 0 Å². The summed E-state index contributed by atoms with van der Waals surface area (Å²) in [6.45, 7) is 5.25. The van der Waals surface area contributed by atoms with E-state index in [1.54, 1.807) is 51.1 Å². The minimum Gasteiger partial charge on any atom is -0.508 e. The first-order valence-corrected chi connectivity index (χ1v) is 15.0. The van der Waals surface area contributed by atoms with E-state index in [0.29, 0.717) is 23.5 Å². The van der Waals surface area contributed by atoms with Crippen LogP contribution in [0.3, 0.4) is 0 Å². The average Bonchev–Trinajstić information content (AvgIpc) is 3.44. The maximum atomic E-state index is 13.9. The van der Waals surface area contributed by atoms with Crippen LogP contribution < -0.4 is 25.6 Å². The van der Waals surface area contributed by atoms with Crippen LogP contribution in [0.5, 0.6) is 17.2 Å². The number of phenols is 1. The second kappa shape index (κ2) is 15.7. The van der Waals surface area contributed by atoms with Gasteiger partial charge in [-0.1, -0.05) is 36.4 Å². The van der Waals surface area contributed by atoms with Crippen LogP contribution >= 0.6 is 0 Å². The standard InChI is InChI=1S/C35H40N4O8/c1-35(2,3)47-34(43)38-29(17-22-9-13-26(40)14-10-22)33(42)37-25(19-24-20-36-28-8-6-5-7-27(24)28)21-46-30-15-11-23(18-31(30)45-4)12-16-32(41)39-44/h5-16,18,20,25,29,36,40,44H,17,19,21H2,1-4H3,(H,37,42)(H,38,43)(H,39,41)/b16-12+/t25-,29-/m0/s1. The Hall–Kier alpha value is -5.49. The number of carbonyl (C=O) groups excluding carboxylic acids is 3. The lowest BCUT2D eigenvalue weighted by molar-refractivity contribution is -0.124. The number of phenolic OH excluding ortho intramolecular Hbond substituents is 1. The molecule has 3 amide bonds. The molecule has 6 N–H and O–H groups in total. The molecule has 0 bridgehead atoms. The summed E-state index contributed by atoms with van der Waals surface area (Å²) in [6, 6.07) is 17.7. The molecule has 0 aliphatic heterocycles. The Bertz CT molecular complexity index is 1710. The molecule has 47 heavy (non-hydrogen) atoms. The van der Waals surface area contributed by atoms with Crippen LogP contribution in [-0.2, 0) is 27.2 Å². The zero-order valence-corrected chi connectivity index (χ0v) is 26.7. The van der Waals surface area contributed by atoms with Gasteiger partial charge in [0.05, 0.1) is 13.2 Å². The summed E-state index contributed by atoms with van der Waals surface area (Å²) in [6.07, 6.45) is 4.36. The van der Waals surface area contributed by atoms with Crippen molar-refractivity contribution in [2.75, 3.05) is 13.7 Å². The molecule has 0 aliphatic rings. The second-order valence-corrected chi connectivity index (χ2v) is 11.9. The number of H-pyrrole nitrogens is 1. The van der Waals surface area contributed by atoms with E-state index >= 15 is 0 Å². The molecule has 3 aromatic carbocycles. The molecule has 0 saturated heterocycles. The van der Waals surface area contributed by atoms with Gasteiger partial charge in [-0.05, 0) is 80.3 Å². The number of hydrogen-bond acceptors (Lipinski definition) is 8. The van der Waals surface area contributed by atoms with Gasteiger partial charge in [0.2, 0.25) is 5.91 Å². The number of benzene rings is 3. The van der Waals surface area contributed by atoms with Crippen molar-refractivity contribution in [1.82, 2.24) is 21.1 Å². The van der Waals surface area contributed by atoms with Crippen LogP contribution in [0.2, 0.25) is 0 Å². The molecule has 0 unspecified atom stereocenters. The third kappa shape index (κ3) is 10.3. The Kier molecular flexibility index (Phi) is 11.5. The van der Waals surface area contributed by atoms with E-state index in [1.165, 1.54) is 36.9 Å². The first kappa shape index (κ1) is 34.4. The number of aromatic amines is 1. The number of methoxy groups -OCH3 is 1. The predicted octanol–water partition coefficient (Wildman–Crippen LogP) is 4.64. The minimum absolute atomic E-state index is 0.0437. The number of hydrogen-bond donors (Lipinski definition) is 6. The third-order valence-corrected chi connectivity index (χ3v) is 7.04. The summed E-state index contributed by atoms with van der Waals surface area (Å²) in [5.41, 5.74) is 4.02. The Labute approximate surface area is 272 Å². The molecule has 0 fully saturated rings. The topological polar surface area (TPSA) is 171 Å². The van der Waals surface area contributed by atoms with Gasteiger partial charge in [0, 0.05) is 29.6 Å². The van der Waals surface area contributed by atoms with Crippen LogP contribution in [0.15, 0.2) is 79.0 Å². The first-order chi connectivity index (χ1) is 22.4. The van der Waals surface area contributed by atoms with Gasteiger partial charge in [-0.15, -0.1) is 0 Å². The van der Waals surface area contributed by atoms with Gasteiger partial charge in [0.25, 0.3) is 5.91 Å². The van der Waals surface area contributed by atoms with Crippen molar-refractivity contribution in [3.8, 4) is 17.2 Å². The number of fused-ring (bicyclic) bond motifs is 1. The molecule has 0 saturated carbocycles. The molecule has 4 aromatic rings. The van der Waals surface area contributed by atoms with Crippen molar-refractivity contribution in [3.05, 3.63) is 95.7 Å². The molecule has 1 heterocycles. The fourth-order valence-electron chi connectivity index (χ4n) is 4.85. The van der Waals surface area contributed by atoms with E-state index in [9.17, 15) is 19.5 Å². The number of para-hydroxylation sites is 1. The predicted molar refractivity (Wildman–Crippen MR) is 176 cm³/mol. The van der Waals surface area contributed by atoms with Crippen molar-refractivity contribution >= 4 is 34.9 Å². The second-order valence-electron chi connectivity index (χ2n) is 11.9.